The molecule has 7 heteroatoms. The van der Waals surface area contributed by atoms with Crippen LogP contribution in [-0.4, -0.2) is 29.2 Å². The van der Waals surface area contributed by atoms with E-state index in [0.717, 1.165) is 34.9 Å². The van der Waals surface area contributed by atoms with Crippen LogP contribution in [0.1, 0.15) is 34.5 Å². The second-order valence-corrected chi connectivity index (χ2v) is 7.64. The molecule has 0 spiro atoms. The van der Waals surface area contributed by atoms with E-state index >= 15 is 0 Å². The zero-order valence-corrected chi connectivity index (χ0v) is 17.3. The Morgan fingerprint density at radius 1 is 1.27 bits per heavy atom. The van der Waals surface area contributed by atoms with Crippen molar-refractivity contribution >= 4 is 29.1 Å². The SMILES string of the molecule is CC(Nc1nccc2c1N(Cc1cccc(Cl)c1)CCO2)c1ccc(C(=O)O)cc1. The molecule has 4 rings (SSSR count). The van der Waals surface area contributed by atoms with Gasteiger partial charge >= 0.3 is 5.97 Å². The van der Waals surface area contributed by atoms with Crippen molar-refractivity contribution in [3.63, 3.8) is 0 Å². The lowest BCUT2D eigenvalue weighted by Crippen LogP contribution is -2.33. The molecule has 1 aliphatic rings. The number of carbonyl (C=O) groups is 1. The number of carboxylic acids is 1. The number of ether oxygens (including phenoxy) is 1. The molecule has 154 valence electrons. The Bertz CT molecular complexity index is 1060. The van der Waals surface area contributed by atoms with Crippen molar-refractivity contribution in [1.29, 1.82) is 0 Å². The fourth-order valence-electron chi connectivity index (χ4n) is 3.56. The smallest absolute Gasteiger partial charge is 0.335 e. The molecule has 0 amide bonds. The van der Waals surface area contributed by atoms with Crippen LogP contribution in [0.25, 0.3) is 0 Å². The fourth-order valence-corrected chi connectivity index (χ4v) is 3.77. The predicted molar refractivity (Wildman–Crippen MR) is 118 cm³/mol. The summed E-state index contributed by atoms with van der Waals surface area (Å²) in [5.74, 6) is 0.577. The van der Waals surface area contributed by atoms with Gasteiger partial charge in [-0.25, -0.2) is 9.78 Å². The minimum atomic E-state index is -0.935. The highest BCUT2D eigenvalue weighted by atomic mass is 35.5. The molecule has 1 aliphatic heterocycles. The van der Waals surface area contributed by atoms with Crippen LogP contribution < -0.4 is 15.0 Å². The number of nitrogens with one attached hydrogen (secondary N) is 1. The number of hydrogen-bond donors (Lipinski definition) is 2. The van der Waals surface area contributed by atoms with Gasteiger partial charge in [-0.15, -0.1) is 0 Å². The largest absolute Gasteiger partial charge is 0.489 e. The van der Waals surface area contributed by atoms with Gasteiger partial charge in [0.2, 0.25) is 0 Å². The number of anilines is 2. The van der Waals surface area contributed by atoms with E-state index < -0.39 is 5.97 Å². The van der Waals surface area contributed by atoms with Crippen molar-refractivity contribution in [3.05, 3.63) is 82.5 Å². The lowest BCUT2D eigenvalue weighted by molar-refractivity contribution is 0.0697. The number of hydrogen-bond acceptors (Lipinski definition) is 5. The zero-order chi connectivity index (χ0) is 21.1. The second-order valence-electron chi connectivity index (χ2n) is 7.20. The van der Waals surface area contributed by atoms with Crippen molar-refractivity contribution in [2.75, 3.05) is 23.4 Å². The molecule has 0 aliphatic carbocycles. The van der Waals surface area contributed by atoms with Crippen LogP contribution in [0.3, 0.4) is 0 Å². The number of benzene rings is 2. The van der Waals surface area contributed by atoms with Gasteiger partial charge in [0.25, 0.3) is 0 Å². The van der Waals surface area contributed by atoms with Gasteiger partial charge in [0, 0.05) is 23.8 Å². The highest BCUT2D eigenvalue weighted by Gasteiger charge is 2.24. The normalized spacial score (nSPS) is 13.9. The second kappa shape index (κ2) is 8.63. The first kappa shape index (κ1) is 20.0. The number of nitrogens with zero attached hydrogens (tertiary/aromatic N) is 2. The van der Waals surface area contributed by atoms with Crippen LogP contribution in [0.5, 0.6) is 5.75 Å². The van der Waals surface area contributed by atoms with Crippen LogP contribution in [-0.2, 0) is 6.54 Å². The number of rotatable bonds is 6. The summed E-state index contributed by atoms with van der Waals surface area (Å²) in [6.07, 6.45) is 1.73. The quantitative estimate of drug-likeness (QED) is 0.580. The number of halogens is 1. The maximum absolute atomic E-state index is 11.1. The summed E-state index contributed by atoms with van der Waals surface area (Å²) < 4.78 is 5.87. The Hall–Kier alpha value is -3.25. The molecule has 2 aromatic carbocycles. The highest BCUT2D eigenvalue weighted by molar-refractivity contribution is 6.30. The molecule has 0 fully saturated rings. The zero-order valence-electron chi connectivity index (χ0n) is 16.5. The molecule has 30 heavy (non-hydrogen) atoms. The summed E-state index contributed by atoms with van der Waals surface area (Å²) in [6.45, 7) is 4.05. The molecule has 1 aromatic heterocycles. The first-order chi connectivity index (χ1) is 14.5. The van der Waals surface area contributed by atoms with Gasteiger partial charge in [0.1, 0.15) is 18.0 Å². The van der Waals surface area contributed by atoms with Gasteiger partial charge in [-0.3, -0.25) is 0 Å². The summed E-state index contributed by atoms with van der Waals surface area (Å²) in [5.41, 5.74) is 3.26. The van der Waals surface area contributed by atoms with Crippen molar-refractivity contribution in [3.8, 4) is 5.75 Å². The van der Waals surface area contributed by atoms with E-state index in [9.17, 15) is 4.79 Å². The van der Waals surface area contributed by atoms with Crippen LogP contribution in [0.2, 0.25) is 5.02 Å². The van der Waals surface area contributed by atoms with Crippen LogP contribution in [0, 0.1) is 0 Å². The lowest BCUT2D eigenvalue weighted by Gasteiger charge is -2.33. The molecule has 2 heterocycles. The Morgan fingerprint density at radius 2 is 2.07 bits per heavy atom. The molecule has 2 N–H and O–H groups in total. The highest BCUT2D eigenvalue weighted by Crippen LogP contribution is 2.39. The average Bonchev–Trinajstić information content (AvgIpc) is 2.74. The third-order valence-electron chi connectivity index (χ3n) is 5.10. The van der Waals surface area contributed by atoms with Crippen molar-refractivity contribution in [2.45, 2.75) is 19.5 Å². The van der Waals surface area contributed by atoms with Crippen molar-refractivity contribution in [1.82, 2.24) is 4.98 Å². The monoisotopic (exact) mass is 423 g/mol. The maximum atomic E-state index is 11.1. The van der Waals surface area contributed by atoms with Gasteiger partial charge in [-0.05, 0) is 42.3 Å². The third kappa shape index (κ3) is 4.33. The Labute approximate surface area is 180 Å². The standard InChI is InChI=1S/C23H22ClN3O3/c1-15(17-5-7-18(8-6-17)23(28)29)26-22-21-20(9-10-25-22)30-12-11-27(21)14-16-3-2-4-19(24)13-16/h2-10,13,15H,11-12,14H2,1H3,(H,25,26)(H,28,29). The van der Waals surface area contributed by atoms with Gasteiger partial charge in [0.15, 0.2) is 5.82 Å². The first-order valence-electron chi connectivity index (χ1n) is 9.72. The molecular weight excluding hydrogens is 402 g/mol. The summed E-state index contributed by atoms with van der Waals surface area (Å²) in [6, 6.07) is 16.5. The van der Waals surface area contributed by atoms with Gasteiger partial charge in [-0.1, -0.05) is 35.9 Å². The molecule has 0 radical (unpaired) electrons. The summed E-state index contributed by atoms with van der Waals surface area (Å²) >= 11 is 6.16. The molecule has 0 bridgehead atoms. The molecule has 1 unspecified atom stereocenters. The minimum absolute atomic E-state index is 0.0678. The van der Waals surface area contributed by atoms with Crippen molar-refractivity contribution < 1.29 is 14.6 Å². The maximum Gasteiger partial charge on any atom is 0.335 e. The Kier molecular flexibility index (Phi) is 5.77. The lowest BCUT2D eigenvalue weighted by atomic mass is 10.1. The van der Waals surface area contributed by atoms with E-state index in [-0.39, 0.29) is 11.6 Å². The van der Waals surface area contributed by atoms with Gasteiger partial charge in [-0.2, -0.15) is 0 Å². The number of aromatic nitrogens is 1. The summed E-state index contributed by atoms with van der Waals surface area (Å²) in [4.78, 5) is 17.9. The van der Waals surface area contributed by atoms with E-state index in [1.54, 1.807) is 18.3 Å². The molecule has 6 nitrogen and oxygen atoms in total. The molecule has 1 atom stereocenters. The topological polar surface area (TPSA) is 74.7 Å². The number of carboxylic acid groups (broad SMARTS) is 1. The van der Waals surface area contributed by atoms with Crippen LogP contribution in [0.4, 0.5) is 11.5 Å². The van der Waals surface area contributed by atoms with E-state index in [0.29, 0.717) is 18.2 Å². The summed E-state index contributed by atoms with van der Waals surface area (Å²) in [5, 5.41) is 13.3. The first-order valence-corrected chi connectivity index (χ1v) is 10.1. The Balaban J connectivity index is 1.59. The van der Waals surface area contributed by atoms with E-state index in [1.165, 1.54) is 0 Å². The van der Waals surface area contributed by atoms with Gasteiger partial charge < -0.3 is 20.1 Å². The fraction of sp³-hybridized carbons (Fsp3) is 0.217. The van der Waals surface area contributed by atoms with Crippen LogP contribution in [0.15, 0.2) is 60.8 Å². The van der Waals surface area contributed by atoms with Gasteiger partial charge in [0.05, 0.1) is 18.2 Å². The number of fused-ring (bicyclic) bond motifs is 1. The molecule has 3 aromatic rings. The van der Waals surface area contributed by atoms with E-state index in [2.05, 4.69) is 21.3 Å². The number of aromatic carboxylic acids is 1. The average molecular weight is 424 g/mol. The molecular formula is C23H22ClN3O3. The minimum Gasteiger partial charge on any atom is -0.489 e. The summed E-state index contributed by atoms with van der Waals surface area (Å²) in [7, 11) is 0. The predicted octanol–water partition coefficient (Wildman–Crippen LogP) is 5.01. The van der Waals surface area contributed by atoms with Crippen LogP contribution >= 0.6 is 11.6 Å². The van der Waals surface area contributed by atoms with E-state index in [4.69, 9.17) is 21.4 Å². The Morgan fingerprint density at radius 3 is 2.80 bits per heavy atom. The third-order valence-corrected chi connectivity index (χ3v) is 5.33. The van der Waals surface area contributed by atoms with E-state index in [1.807, 2.05) is 43.3 Å². The molecule has 0 saturated heterocycles. The number of pyridine rings is 1. The van der Waals surface area contributed by atoms with Crippen molar-refractivity contribution in [2.24, 2.45) is 0 Å². The molecule has 0 saturated carbocycles.